The molecule has 3 nitrogen and oxygen atoms in total. The van der Waals surface area contributed by atoms with Gasteiger partial charge in [-0.1, -0.05) is 19.9 Å². The van der Waals surface area contributed by atoms with Gasteiger partial charge in [0.2, 0.25) is 0 Å². The van der Waals surface area contributed by atoms with E-state index in [4.69, 9.17) is 0 Å². The third-order valence-corrected chi connectivity index (χ3v) is 1.15. The fourth-order valence-electron chi connectivity index (χ4n) is 0.608. The van der Waals surface area contributed by atoms with E-state index in [1.165, 1.54) is 6.07 Å². The molecule has 14 heavy (non-hydrogen) atoms. The number of hydrogen-bond acceptors (Lipinski definition) is 2. The van der Waals surface area contributed by atoms with Crippen molar-refractivity contribution in [3.63, 3.8) is 0 Å². The van der Waals surface area contributed by atoms with Crippen LogP contribution in [0.5, 0.6) is 0 Å². The van der Waals surface area contributed by atoms with E-state index in [-0.39, 0.29) is 36.8 Å². The van der Waals surface area contributed by atoms with Gasteiger partial charge in [-0.2, -0.15) is 24.1 Å². The van der Waals surface area contributed by atoms with Gasteiger partial charge in [0.05, 0.1) is 0 Å². The predicted molar refractivity (Wildman–Crippen MR) is 52.3 cm³/mol. The molecule has 0 atom stereocenters. The molecule has 0 aliphatic rings. The van der Waals surface area contributed by atoms with Crippen molar-refractivity contribution in [2.24, 2.45) is 0 Å². The Labute approximate surface area is 108 Å². The Kier molecular flexibility index (Phi) is 10.6. The van der Waals surface area contributed by atoms with Gasteiger partial charge in [-0.25, -0.2) is 0 Å². The number of nitro benzene ring substituents is 1. The Bertz CT molecular complexity index is 259. The maximum absolute atomic E-state index is 10.1. The van der Waals surface area contributed by atoms with Crippen LogP contribution in [0.3, 0.4) is 0 Å². The minimum Gasteiger partial charge on any atom is -0.344 e. The summed E-state index contributed by atoms with van der Waals surface area (Å²) in [5, 5.41) is 10.1. The average Bonchev–Trinajstić information content (AvgIpc) is 2.06. The van der Waals surface area contributed by atoms with E-state index in [0.717, 1.165) is 12.0 Å². The summed E-state index contributed by atoms with van der Waals surface area (Å²) in [5.41, 5.74) is 0.996. The maximum atomic E-state index is 10.1. The van der Waals surface area contributed by atoms with E-state index in [1.54, 1.807) is 12.1 Å². The minimum atomic E-state index is -0.459. The van der Waals surface area contributed by atoms with Crippen molar-refractivity contribution in [1.82, 2.24) is 0 Å². The summed E-state index contributed by atoms with van der Waals surface area (Å²) in [4.78, 5) is 9.63. The first-order valence-corrected chi connectivity index (χ1v) is 4.03. The predicted octanol–water partition coefficient (Wildman–Crippen LogP) is 2.93. The van der Waals surface area contributed by atoms with Gasteiger partial charge in [0.1, 0.15) is 0 Å². The summed E-state index contributed by atoms with van der Waals surface area (Å²) in [7, 11) is 0. The van der Waals surface area contributed by atoms with Gasteiger partial charge >= 0.3 is 31.1 Å². The molecule has 0 saturated heterocycles. The molecule has 0 saturated carbocycles. The van der Waals surface area contributed by atoms with Crippen molar-refractivity contribution in [2.45, 2.75) is 20.3 Å². The van der Waals surface area contributed by atoms with Crippen LogP contribution in [0, 0.1) is 61.1 Å². The molecular formula is C10H13NO2U. The van der Waals surface area contributed by atoms with E-state index >= 15 is 0 Å². The van der Waals surface area contributed by atoms with Gasteiger partial charge in [-0.15, -0.1) is 6.07 Å². The number of nitro groups is 1. The molecular weight excluding hydrogens is 404 g/mol. The van der Waals surface area contributed by atoms with Crippen molar-refractivity contribution in [1.29, 1.82) is 0 Å². The molecule has 0 radical (unpaired) electrons. The smallest absolute Gasteiger partial charge is 0.344 e. The molecule has 0 N–H and O–H groups in total. The molecule has 1 aromatic rings. The Morgan fingerprint density at radius 1 is 1.57 bits per heavy atom. The summed E-state index contributed by atoms with van der Waals surface area (Å²) >= 11 is 0. The monoisotopic (exact) mass is 417 g/mol. The fourth-order valence-corrected chi connectivity index (χ4v) is 0.608. The molecule has 4 heteroatoms. The average molecular weight is 417 g/mol. The van der Waals surface area contributed by atoms with Crippen LogP contribution in [0.4, 0.5) is 5.69 Å². The van der Waals surface area contributed by atoms with Gasteiger partial charge in [-0.05, 0) is 0 Å². The fraction of sp³-hybridized carbons (Fsp3) is 0.300. The van der Waals surface area contributed by atoms with Crippen LogP contribution in [0.15, 0.2) is 18.2 Å². The molecule has 0 fully saturated rings. The van der Waals surface area contributed by atoms with Crippen LogP contribution in [0.1, 0.15) is 18.9 Å². The van der Waals surface area contributed by atoms with E-state index < -0.39 is 4.92 Å². The van der Waals surface area contributed by atoms with E-state index in [2.05, 4.69) is 13.0 Å². The summed E-state index contributed by atoms with van der Waals surface area (Å²) in [6, 6.07) is 7.26. The van der Waals surface area contributed by atoms with Crippen molar-refractivity contribution >= 4 is 5.69 Å². The minimum absolute atomic E-state index is 0. The number of non-ortho nitro benzene ring substituents is 1. The number of aryl methyl sites for hydroxylation is 1. The van der Waals surface area contributed by atoms with Crippen LogP contribution >= 0.6 is 0 Å². The van der Waals surface area contributed by atoms with Gasteiger partial charge in [0, 0.05) is 4.92 Å². The molecule has 0 heterocycles. The van der Waals surface area contributed by atoms with Gasteiger partial charge in [0.25, 0.3) is 0 Å². The molecule has 0 aromatic heterocycles. The second-order valence-corrected chi connectivity index (χ2v) is 2.51. The summed E-state index contributed by atoms with van der Waals surface area (Å²) < 4.78 is 0. The third kappa shape index (κ3) is 7.11. The normalized spacial score (nSPS) is 7.93. The van der Waals surface area contributed by atoms with Crippen molar-refractivity contribution < 1.29 is 36.0 Å². The largest absolute Gasteiger partial charge is 2.00 e. The Balaban J connectivity index is 0. The molecule has 0 amide bonds. The zero-order chi connectivity index (χ0) is 10.3. The van der Waals surface area contributed by atoms with E-state index in [1.807, 2.05) is 13.8 Å². The maximum Gasteiger partial charge on any atom is 2.00 e. The van der Waals surface area contributed by atoms with Crippen LogP contribution in [0.25, 0.3) is 0 Å². The summed E-state index contributed by atoms with van der Waals surface area (Å²) in [6.07, 6.45) is 1.00. The molecule has 0 aliphatic carbocycles. The number of benzene rings is 1. The third-order valence-electron chi connectivity index (χ3n) is 1.15. The molecule has 0 aliphatic heterocycles. The first-order chi connectivity index (χ1) is 6.11. The molecule has 0 spiro atoms. The molecule has 1 aromatic carbocycles. The first kappa shape index (κ1) is 16.1. The quantitative estimate of drug-likeness (QED) is 0.401. The zero-order valence-electron chi connectivity index (χ0n) is 8.41. The molecule has 0 bridgehead atoms. The Morgan fingerprint density at radius 3 is 2.36 bits per heavy atom. The van der Waals surface area contributed by atoms with Crippen molar-refractivity contribution in [3.8, 4) is 0 Å². The number of rotatable bonds is 1. The molecule has 74 valence electrons. The summed E-state index contributed by atoms with van der Waals surface area (Å²) in [5.74, 6) is 0. The Hall–Kier alpha value is -0.328. The van der Waals surface area contributed by atoms with Crippen molar-refractivity contribution in [2.75, 3.05) is 0 Å². The number of hydrogen-bond donors (Lipinski definition) is 0. The van der Waals surface area contributed by atoms with Gasteiger partial charge in [0.15, 0.2) is 5.69 Å². The Morgan fingerprint density at radius 2 is 2.07 bits per heavy atom. The molecule has 0 unspecified atom stereocenters. The zero-order valence-corrected chi connectivity index (χ0v) is 12.6. The first-order valence-electron chi connectivity index (χ1n) is 4.03. The van der Waals surface area contributed by atoms with E-state index in [9.17, 15) is 10.1 Å². The van der Waals surface area contributed by atoms with Crippen LogP contribution in [-0.4, -0.2) is 4.92 Å². The van der Waals surface area contributed by atoms with Crippen LogP contribution in [0.2, 0.25) is 0 Å². The van der Waals surface area contributed by atoms with Crippen molar-refractivity contribution in [3.05, 3.63) is 46.9 Å². The standard InChI is InChI=1S/C7H6NO2.C3H7.U/c1-6-2-4-7(5-3-6)8(9)10;1-3-2;/h2-4H,1H3;1,3H2,2H3;/q2*-1;+2. The SMILES string of the molecule is Cc1c[c-]c([N+](=O)[O-])cc1.[CH2-]CC.[U+2]. The van der Waals surface area contributed by atoms with Crippen LogP contribution < -0.4 is 0 Å². The molecule has 1 rings (SSSR count). The number of nitrogens with zero attached hydrogens (tertiary/aromatic N) is 1. The van der Waals surface area contributed by atoms with E-state index in [0.29, 0.717) is 0 Å². The van der Waals surface area contributed by atoms with Gasteiger partial charge < -0.3 is 6.92 Å². The van der Waals surface area contributed by atoms with Crippen LogP contribution in [-0.2, 0) is 0 Å². The topological polar surface area (TPSA) is 43.1 Å². The summed E-state index contributed by atoms with van der Waals surface area (Å²) in [6.45, 7) is 7.36. The van der Waals surface area contributed by atoms with Gasteiger partial charge in [-0.3, -0.25) is 10.1 Å². The second-order valence-electron chi connectivity index (χ2n) is 2.51. The second kappa shape index (κ2) is 9.24.